The van der Waals surface area contributed by atoms with E-state index in [-0.39, 0.29) is 11.8 Å². The lowest BCUT2D eigenvalue weighted by molar-refractivity contribution is -0.125. The maximum Gasteiger partial charge on any atom is 0.225 e. The summed E-state index contributed by atoms with van der Waals surface area (Å²) in [7, 11) is 0. The van der Waals surface area contributed by atoms with Crippen molar-refractivity contribution in [3.05, 3.63) is 47.8 Å². The summed E-state index contributed by atoms with van der Waals surface area (Å²) in [5.74, 6) is 1.00. The lowest BCUT2D eigenvalue weighted by atomic mass is 9.95. The average Bonchev–Trinajstić information content (AvgIpc) is 2.83. The van der Waals surface area contributed by atoms with E-state index in [1.54, 1.807) is 0 Å². The average molecular weight is 410 g/mol. The van der Waals surface area contributed by atoms with Crippen molar-refractivity contribution in [2.75, 3.05) is 49.2 Å². The van der Waals surface area contributed by atoms with Crippen LogP contribution in [0.25, 0.3) is 0 Å². The largest absolute Gasteiger partial charge is 0.378 e. The topological polar surface area (TPSA) is 70.6 Å². The number of amides is 1. The second kappa shape index (κ2) is 9.89. The lowest BCUT2D eigenvalue weighted by Crippen LogP contribution is -2.40. The summed E-state index contributed by atoms with van der Waals surface area (Å²) >= 11 is 0. The maximum atomic E-state index is 12.6. The molecule has 30 heavy (non-hydrogen) atoms. The molecule has 1 aromatic heterocycles. The molecule has 2 saturated heterocycles. The number of rotatable bonds is 6. The molecule has 0 atom stereocenters. The zero-order chi connectivity index (χ0) is 20.8. The van der Waals surface area contributed by atoms with Gasteiger partial charge in [-0.1, -0.05) is 31.2 Å². The molecular formula is C23H31N5O2. The second-order valence-corrected chi connectivity index (χ2v) is 7.99. The minimum atomic E-state index is 0.0738. The van der Waals surface area contributed by atoms with E-state index in [9.17, 15) is 4.79 Å². The number of aryl methyl sites for hydroxylation is 1. The quantitative estimate of drug-likeness (QED) is 0.790. The van der Waals surface area contributed by atoms with Gasteiger partial charge in [-0.3, -0.25) is 4.79 Å². The molecule has 0 bridgehead atoms. The van der Waals surface area contributed by atoms with Crippen molar-refractivity contribution in [3.8, 4) is 0 Å². The molecule has 1 aromatic carbocycles. The molecular weight excluding hydrogens is 378 g/mol. The van der Waals surface area contributed by atoms with Crippen molar-refractivity contribution in [3.63, 3.8) is 0 Å². The number of benzene rings is 1. The molecule has 0 saturated carbocycles. The monoisotopic (exact) mass is 409 g/mol. The van der Waals surface area contributed by atoms with Gasteiger partial charge in [0.05, 0.1) is 31.3 Å². The van der Waals surface area contributed by atoms with Gasteiger partial charge in [0, 0.05) is 38.6 Å². The molecule has 160 valence electrons. The smallest absolute Gasteiger partial charge is 0.225 e. The minimum Gasteiger partial charge on any atom is -0.378 e. The van der Waals surface area contributed by atoms with Gasteiger partial charge in [0.15, 0.2) is 0 Å². The summed E-state index contributed by atoms with van der Waals surface area (Å²) in [6.45, 7) is 7.57. The molecule has 2 aromatic rings. The zero-order valence-corrected chi connectivity index (χ0v) is 17.7. The van der Waals surface area contributed by atoms with Gasteiger partial charge in [-0.2, -0.15) is 0 Å². The second-order valence-electron chi connectivity index (χ2n) is 7.99. The summed E-state index contributed by atoms with van der Waals surface area (Å²) in [5, 5.41) is 3.11. The first-order valence-electron chi connectivity index (χ1n) is 11.0. The number of ether oxygens (including phenoxy) is 1. The normalized spacial score (nSPS) is 17.8. The Hall–Kier alpha value is -2.67. The fourth-order valence-electron chi connectivity index (χ4n) is 4.03. The zero-order valence-electron chi connectivity index (χ0n) is 17.7. The number of nitrogens with zero attached hydrogens (tertiary/aromatic N) is 4. The molecule has 0 aliphatic carbocycles. The van der Waals surface area contributed by atoms with Gasteiger partial charge in [-0.25, -0.2) is 9.97 Å². The van der Waals surface area contributed by atoms with Crippen molar-refractivity contribution in [2.24, 2.45) is 5.92 Å². The van der Waals surface area contributed by atoms with Crippen molar-refractivity contribution < 1.29 is 9.53 Å². The molecule has 2 aliphatic rings. The van der Waals surface area contributed by atoms with Crippen molar-refractivity contribution in [2.45, 2.75) is 32.7 Å². The van der Waals surface area contributed by atoms with Gasteiger partial charge in [-0.05, 0) is 30.4 Å². The van der Waals surface area contributed by atoms with Gasteiger partial charge >= 0.3 is 0 Å². The Kier molecular flexibility index (Phi) is 6.79. The van der Waals surface area contributed by atoms with Crippen LogP contribution >= 0.6 is 0 Å². The van der Waals surface area contributed by atoms with E-state index in [1.807, 2.05) is 12.4 Å². The van der Waals surface area contributed by atoms with Crippen molar-refractivity contribution in [1.82, 2.24) is 15.3 Å². The highest BCUT2D eigenvalue weighted by Crippen LogP contribution is 2.23. The van der Waals surface area contributed by atoms with Gasteiger partial charge in [-0.15, -0.1) is 0 Å². The van der Waals surface area contributed by atoms with E-state index >= 15 is 0 Å². The number of carbonyl (C=O) groups is 1. The predicted molar refractivity (Wildman–Crippen MR) is 118 cm³/mol. The van der Waals surface area contributed by atoms with Crippen LogP contribution in [0.5, 0.6) is 0 Å². The Morgan fingerprint density at radius 1 is 1.00 bits per heavy atom. The van der Waals surface area contributed by atoms with Gasteiger partial charge in [0.2, 0.25) is 11.9 Å². The first-order valence-corrected chi connectivity index (χ1v) is 11.0. The third kappa shape index (κ3) is 5.08. The summed E-state index contributed by atoms with van der Waals surface area (Å²) in [4.78, 5) is 26.1. The molecule has 0 radical (unpaired) electrons. The Bertz CT molecular complexity index is 810. The predicted octanol–water partition coefficient (Wildman–Crippen LogP) is 2.41. The molecule has 0 spiro atoms. The highest BCUT2D eigenvalue weighted by molar-refractivity contribution is 5.79. The van der Waals surface area contributed by atoms with Crippen LogP contribution in [0.15, 0.2) is 36.7 Å². The summed E-state index contributed by atoms with van der Waals surface area (Å²) in [5.41, 5.74) is 3.50. The first-order chi connectivity index (χ1) is 14.7. The van der Waals surface area contributed by atoms with Crippen molar-refractivity contribution >= 4 is 17.5 Å². The molecule has 7 heteroatoms. The van der Waals surface area contributed by atoms with Crippen molar-refractivity contribution in [1.29, 1.82) is 0 Å². The molecule has 7 nitrogen and oxygen atoms in total. The highest BCUT2D eigenvalue weighted by atomic mass is 16.5. The van der Waals surface area contributed by atoms with Crippen LogP contribution in [-0.2, 0) is 22.5 Å². The molecule has 4 rings (SSSR count). The number of morpholine rings is 1. The summed E-state index contributed by atoms with van der Waals surface area (Å²) in [6, 6.07) is 8.46. The Balaban J connectivity index is 1.24. The lowest BCUT2D eigenvalue weighted by Gasteiger charge is -2.33. The molecule has 2 aliphatic heterocycles. The number of carbonyl (C=O) groups excluding carboxylic acids is 1. The summed E-state index contributed by atoms with van der Waals surface area (Å²) < 4.78 is 5.38. The van der Waals surface area contributed by atoms with E-state index in [4.69, 9.17) is 4.74 Å². The van der Waals surface area contributed by atoms with Crippen LogP contribution in [0, 0.1) is 5.92 Å². The van der Waals surface area contributed by atoms with Crippen LogP contribution in [0.1, 0.15) is 30.9 Å². The number of hydrogen-bond donors (Lipinski definition) is 1. The van der Waals surface area contributed by atoms with E-state index in [0.717, 1.165) is 75.9 Å². The number of nitrogens with one attached hydrogen (secondary N) is 1. The first kappa shape index (κ1) is 20.6. The fourth-order valence-corrected chi connectivity index (χ4v) is 4.03. The third-order valence-electron chi connectivity index (χ3n) is 6.05. The van der Waals surface area contributed by atoms with E-state index in [2.05, 4.69) is 56.3 Å². The van der Waals surface area contributed by atoms with Gasteiger partial charge in [0.25, 0.3) is 0 Å². The Labute approximate surface area is 178 Å². The number of piperidine rings is 1. The van der Waals surface area contributed by atoms with E-state index in [0.29, 0.717) is 6.54 Å². The van der Waals surface area contributed by atoms with Crippen LogP contribution in [0.4, 0.5) is 11.6 Å². The standard InChI is InChI=1S/C23H31N5O2/c1-2-18-3-5-19(6-4-18)15-24-22(29)20-7-9-27(10-8-20)21-16-25-23(26-17-21)28-11-13-30-14-12-28/h3-6,16-17,20H,2,7-15H2,1H3,(H,24,29). The van der Waals surface area contributed by atoms with Gasteiger partial charge < -0.3 is 19.9 Å². The van der Waals surface area contributed by atoms with Crippen LogP contribution in [0.3, 0.4) is 0 Å². The number of hydrogen-bond acceptors (Lipinski definition) is 6. The highest BCUT2D eigenvalue weighted by Gasteiger charge is 2.25. The molecule has 0 unspecified atom stereocenters. The van der Waals surface area contributed by atoms with E-state index < -0.39 is 0 Å². The Morgan fingerprint density at radius 3 is 2.27 bits per heavy atom. The molecule has 1 N–H and O–H groups in total. The summed E-state index contributed by atoms with van der Waals surface area (Å²) in [6.07, 6.45) is 6.54. The van der Waals surface area contributed by atoms with E-state index in [1.165, 1.54) is 5.56 Å². The molecule has 3 heterocycles. The Morgan fingerprint density at radius 2 is 1.63 bits per heavy atom. The maximum absolute atomic E-state index is 12.6. The minimum absolute atomic E-state index is 0.0738. The SMILES string of the molecule is CCc1ccc(CNC(=O)C2CCN(c3cnc(N4CCOCC4)nc3)CC2)cc1. The molecule has 1 amide bonds. The van der Waals surface area contributed by atoms with Crippen LogP contribution in [-0.4, -0.2) is 55.3 Å². The fraction of sp³-hybridized carbons (Fsp3) is 0.522. The molecule has 2 fully saturated rings. The third-order valence-corrected chi connectivity index (χ3v) is 6.05. The van der Waals surface area contributed by atoms with Gasteiger partial charge in [0.1, 0.15) is 0 Å². The van der Waals surface area contributed by atoms with Crippen LogP contribution < -0.4 is 15.1 Å². The number of anilines is 2. The van der Waals surface area contributed by atoms with Crippen LogP contribution in [0.2, 0.25) is 0 Å². The number of aromatic nitrogens is 2.